The number of amides is 1. The highest BCUT2D eigenvalue weighted by Gasteiger charge is 2.23. The molecule has 1 unspecified atom stereocenters. The largest absolute Gasteiger partial charge is 0.350 e. The second-order valence-electron chi connectivity index (χ2n) is 6.48. The summed E-state index contributed by atoms with van der Waals surface area (Å²) in [5, 5.41) is 8.72. The monoisotopic (exact) mass is 361 g/mol. The molecular weight excluding hydrogens is 342 g/mol. The lowest BCUT2D eigenvalue weighted by molar-refractivity contribution is -0.123. The molecule has 0 saturated carbocycles. The first kappa shape index (κ1) is 17.0. The van der Waals surface area contributed by atoms with Gasteiger partial charge >= 0.3 is 0 Å². The number of fused-ring (bicyclic) bond motifs is 3. The Morgan fingerprint density at radius 2 is 1.96 bits per heavy atom. The number of benzene rings is 1. The van der Waals surface area contributed by atoms with E-state index in [2.05, 4.69) is 15.4 Å². The number of para-hydroxylation sites is 1. The van der Waals surface area contributed by atoms with Crippen LogP contribution in [0, 0.1) is 0 Å². The molecule has 0 fully saturated rings. The molecule has 3 heterocycles. The summed E-state index contributed by atoms with van der Waals surface area (Å²) in [5.41, 5.74) is 2.01. The average molecular weight is 361 g/mol. The Kier molecular flexibility index (Phi) is 4.19. The van der Waals surface area contributed by atoms with E-state index in [0.29, 0.717) is 12.1 Å². The Morgan fingerprint density at radius 3 is 2.74 bits per heavy atom. The molecule has 7 nitrogen and oxygen atoms in total. The van der Waals surface area contributed by atoms with Gasteiger partial charge in [0.25, 0.3) is 5.56 Å². The average Bonchev–Trinajstić information content (AvgIpc) is 3.04. The molecule has 0 bridgehead atoms. The minimum atomic E-state index is -0.556. The molecule has 0 aliphatic rings. The van der Waals surface area contributed by atoms with E-state index in [0.717, 1.165) is 21.9 Å². The Balaban J connectivity index is 1.78. The highest BCUT2D eigenvalue weighted by atomic mass is 16.2. The van der Waals surface area contributed by atoms with Gasteiger partial charge in [-0.25, -0.2) is 4.68 Å². The third-order valence-corrected chi connectivity index (χ3v) is 4.76. The van der Waals surface area contributed by atoms with Crippen LogP contribution >= 0.6 is 0 Å². The first-order valence-corrected chi connectivity index (χ1v) is 8.69. The van der Waals surface area contributed by atoms with Gasteiger partial charge in [0, 0.05) is 36.8 Å². The minimum Gasteiger partial charge on any atom is -0.350 e. The molecule has 0 aliphatic carbocycles. The fourth-order valence-corrected chi connectivity index (χ4v) is 3.35. The maximum absolute atomic E-state index is 12.8. The summed E-state index contributed by atoms with van der Waals surface area (Å²) in [6.07, 6.45) is 5.08. The number of pyridine rings is 1. The first-order chi connectivity index (χ1) is 13.1. The lowest BCUT2D eigenvalue weighted by atomic mass is 10.2. The molecule has 7 heteroatoms. The van der Waals surface area contributed by atoms with Gasteiger partial charge in [0.1, 0.15) is 11.6 Å². The highest BCUT2D eigenvalue weighted by molar-refractivity contribution is 6.08. The van der Waals surface area contributed by atoms with Crippen molar-refractivity contribution < 1.29 is 4.79 Å². The van der Waals surface area contributed by atoms with Crippen molar-refractivity contribution in [3.05, 3.63) is 70.9 Å². The van der Waals surface area contributed by atoms with E-state index in [-0.39, 0.29) is 11.5 Å². The summed E-state index contributed by atoms with van der Waals surface area (Å²) in [6, 6.07) is 10.8. The Hall–Kier alpha value is -3.48. The summed E-state index contributed by atoms with van der Waals surface area (Å²) in [4.78, 5) is 29.6. The molecule has 1 N–H and O–H groups in total. The lowest BCUT2D eigenvalue weighted by Crippen LogP contribution is -2.32. The van der Waals surface area contributed by atoms with Crippen LogP contribution in [0.25, 0.3) is 21.8 Å². The van der Waals surface area contributed by atoms with Crippen LogP contribution in [-0.2, 0) is 18.4 Å². The zero-order chi connectivity index (χ0) is 19.0. The van der Waals surface area contributed by atoms with Crippen molar-refractivity contribution in [3.8, 4) is 0 Å². The first-order valence-electron chi connectivity index (χ1n) is 8.69. The maximum atomic E-state index is 12.8. The van der Waals surface area contributed by atoms with Crippen molar-refractivity contribution in [3.63, 3.8) is 0 Å². The van der Waals surface area contributed by atoms with Gasteiger partial charge in [-0.15, -0.1) is 0 Å². The predicted molar refractivity (Wildman–Crippen MR) is 103 cm³/mol. The molecule has 0 radical (unpaired) electrons. The number of aromatic nitrogens is 4. The van der Waals surface area contributed by atoms with Crippen molar-refractivity contribution >= 4 is 27.7 Å². The van der Waals surface area contributed by atoms with Gasteiger partial charge in [-0.05, 0) is 24.6 Å². The maximum Gasteiger partial charge on any atom is 0.291 e. The smallest absolute Gasteiger partial charge is 0.291 e. The summed E-state index contributed by atoms with van der Waals surface area (Å²) < 4.78 is 3.09. The van der Waals surface area contributed by atoms with Gasteiger partial charge in [-0.3, -0.25) is 14.6 Å². The van der Waals surface area contributed by atoms with Crippen molar-refractivity contribution in [2.75, 3.05) is 0 Å². The van der Waals surface area contributed by atoms with E-state index in [1.165, 1.54) is 4.68 Å². The Bertz CT molecular complexity index is 1190. The molecule has 27 heavy (non-hydrogen) atoms. The van der Waals surface area contributed by atoms with Crippen LogP contribution in [0.2, 0.25) is 0 Å². The summed E-state index contributed by atoms with van der Waals surface area (Å²) in [6.45, 7) is 2.18. The number of nitrogens with one attached hydrogen (secondary N) is 1. The standard InChI is InChI=1S/C20H19N5O2/c1-13(19(26)22-11-14-6-5-9-21-10-14)25-17-8-4-3-7-15(17)16-12-23-24(2)20(27)18(16)25/h3-10,12-13H,11H2,1-2H3,(H,22,26). The minimum absolute atomic E-state index is 0.166. The molecule has 0 spiro atoms. The number of rotatable bonds is 4. The van der Waals surface area contributed by atoms with Crippen LogP contribution in [0.15, 0.2) is 59.8 Å². The number of hydrogen-bond acceptors (Lipinski definition) is 4. The molecule has 1 atom stereocenters. The molecule has 3 aromatic heterocycles. The van der Waals surface area contributed by atoms with E-state index < -0.39 is 6.04 Å². The second-order valence-corrected chi connectivity index (χ2v) is 6.48. The number of carbonyl (C=O) groups is 1. The fraction of sp³-hybridized carbons (Fsp3) is 0.200. The molecular formula is C20H19N5O2. The van der Waals surface area contributed by atoms with Crippen LogP contribution in [0.3, 0.4) is 0 Å². The Labute approximate surface area is 155 Å². The number of hydrogen-bond donors (Lipinski definition) is 1. The summed E-state index contributed by atoms with van der Waals surface area (Å²) in [7, 11) is 1.61. The quantitative estimate of drug-likeness (QED) is 0.604. The van der Waals surface area contributed by atoms with Crippen LogP contribution in [0.4, 0.5) is 0 Å². The van der Waals surface area contributed by atoms with Gasteiger partial charge < -0.3 is 9.88 Å². The number of carbonyl (C=O) groups excluding carboxylic acids is 1. The van der Waals surface area contributed by atoms with E-state index in [4.69, 9.17) is 0 Å². The van der Waals surface area contributed by atoms with E-state index >= 15 is 0 Å². The van der Waals surface area contributed by atoms with Gasteiger partial charge in [0.05, 0.1) is 11.7 Å². The zero-order valence-electron chi connectivity index (χ0n) is 15.1. The van der Waals surface area contributed by atoms with Crippen molar-refractivity contribution in [2.45, 2.75) is 19.5 Å². The second kappa shape index (κ2) is 6.68. The van der Waals surface area contributed by atoms with Crippen LogP contribution < -0.4 is 10.9 Å². The van der Waals surface area contributed by atoms with Gasteiger partial charge in [0.2, 0.25) is 5.91 Å². The normalized spacial score (nSPS) is 12.4. The van der Waals surface area contributed by atoms with E-state index in [1.54, 1.807) is 37.1 Å². The molecule has 4 aromatic rings. The SMILES string of the molecule is CC(C(=O)NCc1cccnc1)n1c2ccccc2c2cnn(C)c(=O)c21. The zero-order valence-corrected chi connectivity index (χ0v) is 15.1. The summed E-state index contributed by atoms with van der Waals surface area (Å²) in [5.74, 6) is -0.166. The van der Waals surface area contributed by atoms with Crippen LogP contribution in [0.5, 0.6) is 0 Å². The van der Waals surface area contributed by atoms with E-state index in [9.17, 15) is 9.59 Å². The van der Waals surface area contributed by atoms with Crippen molar-refractivity contribution in [1.82, 2.24) is 24.6 Å². The van der Waals surface area contributed by atoms with Gasteiger partial charge in [0.15, 0.2) is 0 Å². The predicted octanol–water partition coefficient (Wildman–Crippen LogP) is 2.16. The van der Waals surface area contributed by atoms with Crippen molar-refractivity contribution in [2.24, 2.45) is 7.05 Å². The van der Waals surface area contributed by atoms with Crippen LogP contribution in [0.1, 0.15) is 18.5 Å². The third-order valence-electron chi connectivity index (χ3n) is 4.76. The molecule has 136 valence electrons. The molecule has 1 amide bonds. The topological polar surface area (TPSA) is 81.8 Å². The van der Waals surface area contributed by atoms with E-state index in [1.807, 2.05) is 36.4 Å². The van der Waals surface area contributed by atoms with Crippen molar-refractivity contribution in [1.29, 1.82) is 0 Å². The number of nitrogens with zero attached hydrogens (tertiary/aromatic N) is 4. The lowest BCUT2D eigenvalue weighted by Gasteiger charge is -2.16. The molecule has 4 rings (SSSR count). The number of aryl methyl sites for hydroxylation is 1. The molecule has 0 aliphatic heterocycles. The van der Waals surface area contributed by atoms with Crippen LogP contribution in [-0.4, -0.2) is 25.2 Å². The highest BCUT2D eigenvalue weighted by Crippen LogP contribution is 2.29. The molecule has 0 saturated heterocycles. The van der Waals surface area contributed by atoms with Gasteiger partial charge in [-0.1, -0.05) is 24.3 Å². The third kappa shape index (κ3) is 2.87. The van der Waals surface area contributed by atoms with Gasteiger partial charge in [-0.2, -0.15) is 5.10 Å². The summed E-state index contributed by atoms with van der Waals surface area (Å²) >= 11 is 0. The fourth-order valence-electron chi connectivity index (χ4n) is 3.35. The molecule has 1 aromatic carbocycles. The Morgan fingerprint density at radius 1 is 1.15 bits per heavy atom.